The third-order valence-electron chi connectivity index (χ3n) is 4.29. The number of carbonyl (C=O) groups excluding carboxylic acids is 1. The van der Waals surface area contributed by atoms with Gasteiger partial charge in [0, 0.05) is 22.6 Å². The number of thioether (sulfide) groups is 1. The summed E-state index contributed by atoms with van der Waals surface area (Å²) in [7, 11) is 0. The lowest BCUT2D eigenvalue weighted by atomic mass is 10.2. The highest BCUT2D eigenvalue weighted by Crippen LogP contribution is 2.25. The van der Waals surface area contributed by atoms with Gasteiger partial charge in [-0.25, -0.2) is 0 Å². The molecule has 0 aliphatic rings. The lowest BCUT2D eigenvalue weighted by molar-refractivity contribution is -0.118. The van der Waals surface area contributed by atoms with Crippen LogP contribution in [0.25, 0.3) is 0 Å². The molecule has 1 amide bonds. The summed E-state index contributed by atoms with van der Waals surface area (Å²) in [6.07, 6.45) is -0.272. The van der Waals surface area contributed by atoms with Gasteiger partial charge in [-0.3, -0.25) is 4.79 Å². The van der Waals surface area contributed by atoms with Gasteiger partial charge in [0.05, 0.1) is 5.75 Å². The van der Waals surface area contributed by atoms with Crippen LogP contribution >= 0.6 is 39.3 Å². The van der Waals surface area contributed by atoms with Gasteiger partial charge < -0.3 is 14.6 Å². The maximum absolute atomic E-state index is 12.2. The van der Waals surface area contributed by atoms with Crippen LogP contribution in [0.2, 0.25) is 5.02 Å². The van der Waals surface area contributed by atoms with Crippen LogP contribution in [0.5, 0.6) is 5.75 Å². The highest BCUT2D eigenvalue weighted by atomic mass is 79.9. The number of ether oxygens (including phenoxy) is 1. The molecule has 0 saturated carbocycles. The minimum atomic E-state index is -0.272. The van der Waals surface area contributed by atoms with Crippen molar-refractivity contribution in [3.05, 3.63) is 69.4 Å². The fraction of sp³-hybridized carbons (Fsp3) is 0.286. The van der Waals surface area contributed by atoms with Gasteiger partial charge in [0.2, 0.25) is 5.91 Å². The van der Waals surface area contributed by atoms with Crippen LogP contribution in [-0.2, 0) is 17.9 Å². The molecule has 3 aromatic rings. The first kappa shape index (κ1) is 22.7. The van der Waals surface area contributed by atoms with Gasteiger partial charge in [-0.2, -0.15) is 0 Å². The third-order valence-corrected chi connectivity index (χ3v) is 6.03. The quantitative estimate of drug-likeness (QED) is 0.398. The SMILES string of the molecule is CCn1c(SCC(=O)NCc2ccc(Cl)cc2)nnc1C(C)Oc1ccc(Br)cc1. The highest BCUT2D eigenvalue weighted by Gasteiger charge is 2.19. The molecule has 1 N–H and O–H groups in total. The van der Waals surface area contributed by atoms with Gasteiger partial charge in [-0.05, 0) is 55.8 Å². The number of hydrogen-bond acceptors (Lipinski definition) is 5. The second-order valence-electron chi connectivity index (χ2n) is 6.49. The summed E-state index contributed by atoms with van der Waals surface area (Å²) in [6, 6.07) is 15.0. The Bertz CT molecular complexity index is 980. The molecule has 1 atom stereocenters. The first-order valence-electron chi connectivity index (χ1n) is 9.45. The second kappa shape index (κ2) is 10.8. The molecule has 3 rings (SSSR count). The van der Waals surface area contributed by atoms with Crippen LogP contribution in [0.4, 0.5) is 0 Å². The minimum absolute atomic E-state index is 0.0682. The van der Waals surface area contributed by atoms with E-state index in [1.807, 2.05) is 54.8 Å². The summed E-state index contributed by atoms with van der Waals surface area (Å²) in [5.41, 5.74) is 0.996. The lowest BCUT2D eigenvalue weighted by Crippen LogP contribution is -2.24. The molecule has 158 valence electrons. The number of benzene rings is 2. The van der Waals surface area contributed by atoms with E-state index in [0.29, 0.717) is 23.3 Å². The van der Waals surface area contributed by atoms with Crippen molar-refractivity contribution in [2.75, 3.05) is 5.75 Å². The summed E-state index contributed by atoms with van der Waals surface area (Å²) in [5, 5.41) is 12.8. The molecular weight excluding hydrogens is 488 g/mol. The van der Waals surface area contributed by atoms with Crippen molar-refractivity contribution in [1.82, 2.24) is 20.1 Å². The zero-order chi connectivity index (χ0) is 21.5. The number of aromatic nitrogens is 3. The largest absolute Gasteiger partial charge is 0.483 e. The van der Waals surface area contributed by atoms with Crippen molar-refractivity contribution in [1.29, 1.82) is 0 Å². The van der Waals surface area contributed by atoms with Crippen molar-refractivity contribution in [3.8, 4) is 5.75 Å². The van der Waals surface area contributed by atoms with E-state index in [9.17, 15) is 4.79 Å². The van der Waals surface area contributed by atoms with E-state index in [2.05, 4.69) is 31.4 Å². The molecule has 0 aliphatic carbocycles. The van der Waals surface area contributed by atoms with E-state index < -0.39 is 0 Å². The molecule has 1 heterocycles. The minimum Gasteiger partial charge on any atom is -0.483 e. The Hall–Kier alpha value is -2.03. The average molecular weight is 510 g/mol. The molecule has 30 heavy (non-hydrogen) atoms. The lowest BCUT2D eigenvalue weighted by Gasteiger charge is -2.15. The average Bonchev–Trinajstić information content (AvgIpc) is 3.16. The van der Waals surface area contributed by atoms with Crippen molar-refractivity contribution in [2.45, 2.75) is 38.2 Å². The predicted octanol–water partition coefficient (Wildman–Crippen LogP) is 5.26. The number of carbonyl (C=O) groups is 1. The molecule has 9 heteroatoms. The van der Waals surface area contributed by atoms with E-state index in [-0.39, 0.29) is 17.8 Å². The van der Waals surface area contributed by atoms with E-state index in [4.69, 9.17) is 16.3 Å². The molecule has 0 aliphatic heterocycles. The maximum atomic E-state index is 12.2. The van der Waals surface area contributed by atoms with E-state index in [0.717, 1.165) is 21.6 Å². The maximum Gasteiger partial charge on any atom is 0.230 e. The zero-order valence-electron chi connectivity index (χ0n) is 16.6. The van der Waals surface area contributed by atoms with Gasteiger partial charge in [0.25, 0.3) is 0 Å². The Kier molecular flexibility index (Phi) is 8.18. The predicted molar refractivity (Wildman–Crippen MR) is 123 cm³/mol. The number of nitrogens with one attached hydrogen (secondary N) is 1. The Morgan fingerprint density at radius 2 is 1.90 bits per heavy atom. The third kappa shape index (κ3) is 6.23. The van der Waals surface area contributed by atoms with Crippen LogP contribution in [0.15, 0.2) is 58.2 Å². The van der Waals surface area contributed by atoms with Crippen molar-refractivity contribution < 1.29 is 9.53 Å². The van der Waals surface area contributed by atoms with Crippen LogP contribution in [0, 0.1) is 0 Å². The summed E-state index contributed by atoms with van der Waals surface area (Å²) >= 11 is 10.7. The smallest absolute Gasteiger partial charge is 0.230 e. The summed E-state index contributed by atoms with van der Waals surface area (Å²) in [5.74, 6) is 1.67. The number of hydrogen-bond donors (Lipinski definition) is 1. The van der Waals surface area contributed by atoms with Gasteiger partial charge >= 0.3 is 0 Å². The summed E-state index contributed by atoms with van der Waals surface area (Å²) in [6.45, 7) is 5.10. The molecule has 0 bridgehead atoms. The number of rotatable bonds is 9. The van der Waals surface area contributed by atoms with Gasteiger partial charge in [-0.1, -0.05) is 51.4 Å². The Morgan fingerprint density at radius 1 is 1.20 bits per heavy atom. The molecule has 0 fully saturated rings. The molecule has 0 radical (unpaired) electrons. The van der Waals surface area contributed by atoms with Crippen molar-refractivity contribution in [3.63, 3.8) is 0 Å². The first-order chi connectivity index (χ1) is 14.5. The van der Waals surface area contributed by atoms with E-state index in [1.54, 1.807) is 12.1 Å². The zero-order valence-corrected chi connectivity index (χ0v) is 19.8. The molecule has 1 unspecified atom stereocenters. The first-order valence-corrected chi connectivity index (χ1v) is 11.6. The standard InChI is InChI=1S/C21H22BrClN4O2S/c1-3-27-20(14(2)29-18-10-6-16(22)7-11-18)25-26-21(27)30-13-19(28)24-12-15-4-8-17(23)9-5-15/h4-11,14H,3,12-13H2,1-2H3,(H,24,28). The number of halogens is 2. The number of nitrogens with zero attached hydrogens (tertiary/aromatic N) is 3. The topological polar surface area (TPSA) is 69.0 Å². The van der Waals surface area contributed by atoms with Gasteiger partial charge in [0.1, 0.15) is 5.75 Å². The normalized spacial score (nSPS) is 11.9. The molecule has 0 spiro atoms. The van der Waals surface area contributed by atoms with Crippen LogP contribution < -0.4 is 10.1 Å². The Balaban J connectivity index is 1.56. The fourth-order valence-electron chi connectivity index (χ4n) is 2.76. The van der Waals surface area contributed by atoms with Gasteiger partial charge in [0.15, 0.2) is 17.1 Å². The molecule has 2 aromatic carbocycles. The second-order valence-corrected chi connectivity index (χ2v) is 8.79. The Morgan fingerprint density at radius 3 is 2.57 bits per heavy atom. The molecule has 1 aromatic heterocycles. The van der Waals surface area contributed by atoms with Gasteiger partial charge in [-0.15, -0.1) is 10.2 Å². The molecule has 6 nitrogen and oxygen atoms in total. The van der Waals surface area contributed by atoms with Crippen LogP contribution in [-0.4, -0.2) is 26.4 Å². The van der Waals surface area contributed by atoms with Crippen LogP contribution in [0.1, 0.15) is 31.3 Å². The summed E-state index contributed by atoms with van der Waals surface area (Å²) < 4.78 is 8.96. The number of amides is 1. The van der Waals surface area contributed by atoms with Crippen molar-refractivity contribution >= 4 is 45.2 Å². The monoisotopic (exact) mass is 508 g/mol. The van der Waals surface area contributed by atoms with E-state index in [1.165, 1.54) is 11.8 Å². The summed E-state index contributed by atoms with van der Waals surface area (Å²) in [4.78, 5) is 12.2. The Labute approximate surface area is 193 Å². The molecule has 0 saturated heterocycles. The fourth-order valence-corrected chi connectivity index (χ4v) is 3.99. The molecular formula is C21H22BrClN4O2S. The van der Waals surface area contributed by atoms with E-state index >= 15 is 0 Å². The highest BCUT2D eigenvalue weighted by molar-refractivity contribution is 9.10. The van der Waals surface area contributed by atoms with Crippen molar-refractivity contribution in [2.24, 2.45) is 0 Å². The van der Waals surface area contributed by atoms with Crippen LogP contribution in [0.3, 0.4) is 0 Å².